The first-order valence-corrected chi connectivity index (χ1v) is 11.6. The summed E-state index contributed by atoms with van der Waals surface area (Å²) in [7, 11) is 0. The van der Waals surface area contributed by atoms with Gasteiger partial charge in [-0.2, -0.15) is 9.78 Å². The molecular formula is C26H30ClN5O2. The minimum absolute atomic E-state index is 0.414. The first-order chi connectivity index (χ1) is 16.3. The average Bonchev–Trinajstić information content (AvgIpc) is 3.14. The molecule has 1 aliphatic carbocycles. The number of allylic oxidation sites excluding steroid dienone is 4. The standard InChI is InChI=1S/C24H24ClN5O2.C2H6/c1-14-7-9-19(24(31)32)20(10-8-14)28-22-12-21(17-5-4-6-18(25)11-17)29-30(22)23-16(3)26-13-15(2)27-23;1-2/h4-8,10-13,24,28,31-32H,9H2,1-3H3;1-2H3. The Bertz CT molecular complexity index is 1260. The Morgan fingerprint density at radius 1 is 1.09 bits per heavy atom. The monoisotopic (exact) mass is 479 g/mol. The predicted molar refractivity (Wildman–Crippen MR) is 137 cm³/mol. The van der Waals surface area contributed by atoms with E-state index >= 15 is 0 Å². The number of aliphatic hydroxyl groups excluding tert-OH is 1. The fraction of sp³-hybridized carbons (Fsp3) is 0.269. The van der Waals surface area contributed by atoms with Crippen molar-refractivity contribution in [2.45, 2.75) is 47.3 Å². The van der Waals surface area contributed by atoms with Gasteiger partial charge in [0.15, 0.2) is 12.1 Å². The molecule has 0 unspecified atom stereocenters. The van der Waals surface area contributed by atoms with Crippen LogP contribution in [0, 0.1) is 13.8 Å². The van der Waals surface area contributed by atoms with Crippen LogP contribution in [0.4, 0.5) is 5.82 Å². The minimum atomic E-state index is -1.59. The van der Waals surface area contributed by atoms with Crippen LogP contribution in [-0.2, 0) is 0 Å². The molecule has 0 saturated carbocycles. The molecule has 0 radical (unpaired) electrons. The van der Waals surface area contributed by atoms with Crippen LogP contribution >= 0.6 is 11.6 Å². The number of hydrogen-bond donors (Lipinski definition) is 3. The van der Waals surface area contributed by atoms with E-state index in [4.69, 9.17) is 16.7 Å². The van der Waals surface area contributed by atoms with Crippen molar-refractivity contribution in [3.63, 3.8) is 0 Å². The van der Waals surface area contributed by atoms with Crippen molar-refractivity contribution in [1.82, 2.24) is 19.7 Å². The molecule has 0 saturated heterocycles. The molecule has 1 aliphatic rings. The van der Waals surface area contributed by atoms with E-state index in [-0.39, 0.29) is 0 Å². The van der Waals surface area contributed by atoms with Gasteiger partial charge in [-0.3, -0.25) is 4.98 Å². The van der Waals surface area contributed by atoms with Gasteiger partial charge in [0.2, 0.25) is 0 Å². The number of aliphatic hydroxyl groups is 2. The third-order valence-electron chi connectivity index (χ3n) is 5.16. The maximum absolute atomic E-state index is 9.95. The quantitative estimate of drug-likeness (QED) is 0.417. The van der Waals surface area contributed by atoms with Crippen LogP contribution in [0.5, 0.6) is 0 Å². The average molecular weight is 480 g/mol. The highest BCUT2D eigenvalue weighted by Crippen LogP contribution is 2.29. The topological polar surface area (TPSA) is 96.1 Å². The molecule has 2 aromatic heterocycles. The van der Waals surface area contributed by atoms with Crippen molar-refractivity contribution >= 4 is 17.4 Å². The van der Waals surface area contributed by atoms with E-state index in [0.29, 0.717) is 45.7 Å². The third-order valence-corrected chi connectivity index (χ3v) is 5.39. The van der Waals surface area contributed by atoms with E-state index in [2.05, 4.69) is 15.3 Å². The van der Waals surface area contributed by atoms with E-state index in [9.17, 15) is 10.2 Å². The highest BCUT2D eigenvalue weighted by molar-refractivity contribution is 6.30. The van der Waals surface area contributed by atoms with E-state index < -0.39 is 6.29 Å². The molecule has 178 valence electrons. The van der Waals surface area contributed by atoms with Crippen molar-refractivity contribution < 1.29 is 10.2 Å². The first kappa shape index (κ1) is 25.4. The molecule has 0 fully saturated rings. The fourth-order valence-electron chi connectivity index (χ4n) is 3.42. The van der Waals surface area contributed by atoms with Gasteiger partial charge in [0, 0.05) is 34.1 Å². The number of aryl methyl sites for hydroxylation is 2. The molecule has 4 rings (SSSR count). The van der Waals surface area contributed by atoms with Crippen LogP contribution in [0.25, 0.3) is 17.1 Å². The maximum Gasteiger partial charge on any atom is 0.177 e. The lowest BCUT2D eigenvalue weighted by molar-refractivity contribution is -0.00966. The van der Waals surface area contributed by atoms with Gasteiger partial charge in [-0.1, -0.05) is 55.3 Å². The Labute approximate surface area is 205 Å². The molecule has 7 nitrogen and oxygen atoms in total. The Balaban J connectivity index is 0.00000158. The van der Waals surface area contributed by atoms with Crippen LogP contribution in [0.3, 0.4) is 0 Å². The summed E-state index contributed by atoms with van der Waals surface area (Å²) in [5, 5.41) is 28.6. The van der Waals surface area contributed by atoms with E-state index in [1.807, 2.05) is 83.2 Å². The van der Waals surface area contributed by atoms with Gasteiger partial charge in [0.05, 0.1) is 17.1 Å². The van der Waals surface area contributed by atoms with Crippen LogP contribution in [-0.4, -0.2) is 36.3 Å². The normalized spacial score (nSPS) is 13.4. The third kappa shape index (κ3) is 5.80. The van der Waals surface area contributed by atoms with Gasteiger partial charge < -0.3 is 15.5 Å². The second kappa shape index (κ2) is 11.2. The highest BCUT2D eigenvalue weighted by atomic mass is 35.5. The molecule has 0 atom stereocenters. The molecule has 0 amide bonds. The van der Waals surface area contributed by atoms with E-state index in [1.54, 1.807) is 10.9 Å². The molecule has 3 aromatic rings. The van der Waals surface area contributed by atoms with Gasteiger partial charge in [0.1, 0.15) is 5.82 Å². The number of hydrogen-bond acceptors (Lipinski definition) is 6. The SMILES string of the molecule is CC.CC1=CCC(C(O)O)=C(Nc2cc(-c3cccc(Cl)c3)nn2-c2nc(C)cnc2C)C=C1. The first-order valence-electron chi connectivity index (χ1n) is 11.2. The Morgan fingerprint density at radius 2 is 1.85 bits per heavy atom. The van der Waals surface area contributed by atoms with Crippen LogP contribution in [0.15, 0.2) is 71.6 Å². The Morgan fingerprint density at radius 3 is 2.56 bits per heavy atom. The highest BCUT2D eigenvalue weighted by Gasteiger charge is 2.19. The molecule has 0 aliphatic heterocycles. The number of aromatic nitrogens is 4. The molecule has 2 heterocycles. The Kier molecular flexibility index (Phi) is 8.39. The smallest absolute Gasteiger partial charge is 0.177 e. The predicted octanol–water partition coefficient (Wildman–Crippen LogP) is 5.51. The number of rotatable bonds is 5. The van der Waals surface area contributed by atoms with Gasteiger partial charge in [-0.05, 0) is 45.4 Å². The Hall–Kier alpha value is -3.26. The summed E-state index contributed by atoms with van der Waals surface area (Å²) in [6, 6.07) is 9.32. The number of nitrogens with one attached hydrogen (secondary N) is 1. The van der Waals surface area contributed by atoms with Crippen molar-refractivity contribution in [2.75, 3.05) is 5.32 Å². The lowest BCUT2D eigenvalue weighted by Crippen LogP contribution is -2.16. The largest absolute Gasteiger partial charge is 0.364 e. The number of nitrogens with zero attached hydrogens (tertiary/aromatic N) is 4. The fourth-order valence-corrected chi connectivity index (χ4v) is 3.61. The lowest BCUT2D eigenvalue weighted by Gasteiger charge is -2.16. The van der Waals surface area contributed by atoms with Crippen molar-refractivity contribution in [3.8, 4) is 17.1 Å². The number of anilines is 1. The van der Waals surface area contributed by atoms with Crippen molar-refractivity contribution in [3.05, 3.63) is 88.0 Å². The second-order valence-corrected chi connectivity index (χ2v) is 8.12. The zero-order valence-corrected chi connectivity index (χ0v) is 20.8. The number of halogens is 1. The molecule has 8 heteroatoms. The molecule has 34 heavy (non-hydrogen) atoms. The van der Waals surface area contributed by atoms with Gasteiger partial charge in [-0.25, -0.2) is 4.98 Å². The molecule has 0 spiro atoms. The van der Waals surface area contributed by atoms with Gasteiger partial charge in [0.25, 0.3) is 0 Å². The van der Waals surface area contributed by atoms with E-state index in [1.165, 1.54) is 0 Å². The molecular weight excluding hydrogens is 450 g/mol. The zero-order valence-electron chi connectivity index (χ0n) is 20.0. The van der Waals surface area contributed by atoms with Crippen LogP contribution < -0.4 is 5.32 Å². The van der Waals surface area contributed by atoms with Gasteiger partial charge >= 0.3 is 0 Å². The molecule has 0 bridgehead atoms. The molecule has 1 aromatic carbocycles. The van der Waals surface area contributed by atoms with Gasteiger partial charge in [-0.15, -0.1) is 0 Å². The minimum Gasteiger partial charge on any atom is -0.364 e. The lowest BCUT2D eigenvalue weighted by atomic mass is 10.1. The summed E-state index contributed by atoms with van der Waals surface area (Å²) in [5.74, 6) is 1.19. The van der Waals surface area contributed by atoms with Crippen LogP contribution in [0.2, 0.25) is 5.02 Å². The second-order valence-electron chi connectivity index (χ2n) is 7.68. The number of benzene rings is 1. The summed E-state index contributed by atoms with van der Waals surface area (Å²) in [4.78, 5) is 9.06. The summed E-state index contributed by atoms with van der Waals surface area (Å²) in [6.45, 7) is 9.71. The van der Waals surface area contributed by atoms with Crippen molar-refractivity contribution in [2.24, 2.45) is 0 Å². The van der Waals surface area contributed by atoms with E-state index in [0.717, 1.165) is 16.8 Å². The summed E-state index contributed by atoms with van der Waals surface area (Å²) in [5.41, 5.74) is 5.10. The zero-order chi connectivity index (χ0) is 24.8. The van der Waals surface area contributed by atoms with Crippen LogP contribution in [0.1, 0.15) is 38.6 Å². The summed E-state index contributed by atoms with van der Waals surface area (Å²) >= 11 is 6.20. The molecule has 3 N–H and O–H groups in total. The summed E-state index contributed by atoms with van der Waals surface area (Å²) < 4.78 is 1.68. The maximum atomic E-state index is 9.95. The summed E-state index contributed by atoms with van der Waals surface area (Å²) in [6.07, 6.45) is 6.24. The van der Waals surface area contributed by atoms with Crippen molar-refractivity contribution in [1.29, 1.82) is 0 Å².